The number of ketones is 1. The van der Waals surface area contributed by atoms with Crippen LogP contribution in [0.15, 0.2) is 41.5 Å². The monoisotopic (exact) mass is 284 g/mol. The van der Waals surface area contributed by atoms with Crippen molar-refractivity contribution in [3.05, 3.63) is 58.3 Å². The van der Waals surface area contributed by atoms with Crippen molar-refractivity contribution in [2.75, 3.05) is 0 Å². The second-order valence-electron chi connectivity index (χ2n) is 4.32. The molecule has 0 amide bonds. The summed E-state index contributed by atoms with van der Waals surface area (Å²) in [5.41, 5.74) is -1.73. The number of hydrogen-bond acceptors (Lipinski definition) is 2. The van der Waals surface area contributed by atoms with Gasteiger partial charge in [0.1, 0.15) is 5.69 Å². The number of hydrogen-bond donors (Lipinski definition) is 0. The van der Waals surface area contributed by atoms with Gasteiger partial charge in [0.05, 0.1) is 6.54 Å². The van der Waals surface area contributed by atoms with Crippen molar-refractivity contribution in [3.63, 3.8) is 0 Å². The van der Waals surface area contributed by atoms with Gasteiger partial charge in [-0.1, -0.05) is 6.07 Å². The molecule has 0 aliphatic carbocycles. The van der Waals surface area contributed by atoms with E-state index in [-0.39, 0.29) is 5.56 Å². The largest absolute Gasteiger partial charge is 0.431 e. The van der Waals surface area contributed by atoms with Crippen LogP contribution >= 0.6 is 0 Å². The van der Waals surface area contributed by atoms with Gasteiger partial charge in [-0.2, -0.15) is 13.2 Å². The van der Waals surface area contributed by atoms with Crippen molar-refractivity contribution in [3.8, 4) is 0 Å². The standard InChI is InChI=1S/C13H11F3N2O2/c1-17-6-5-9(7-17)10(19)8-18-11(13(14,15)16)3-2-4-12(18)20/h2-7H,8H2,1H3. The first kappa shape index (κ1) is 14.1. The molecule has 2 aromatic rings. The predicted octanol–water partition coefficient (Wildman–Crippen LogP) is 2.09. The van der Waals surface area contributed by atoms with Gasteiger partial charge in [0.15, 0.2) is 5.78 Å². The van der Waals surface area contributed by atoms with E-state index in [0.717, 1.165) is 18.2 Å². The van der Waals surface area contributed by atoms with E-state index in [1.807, 2.05) is 0 Å². The van der Waals surface area contributed by atoms with Gasteiger partial charge in [-0.3, -0.25) is 14.2 Å². The van der Waals surface area contributed by atoms with Crippen molar-refractivity contribution < 1.29 is 18.0 Å². The Labute approximate surface area is 112 Å². The highest BCUT2D eigenvalue weighted by Gasteiger charge is 2.34. The molecule has 7 heteroatoms. The lowest BCUT2D eigenvalue weighted by atomic mass is 10.2. The number of halogens is 3. The lowest BCUT2D eigenvalue weighted by Gasteiger charge is -2.13. The molecule has 2 rings (SSSR count). The Kier molecular flexibility index (Phi) is 3.52. The van der Waals surface area contributed by atoms with E-state index in [1.54, 1.807) is 17.8 Å². The molecule has 0 saturated carbocycles. The third-order valence-corrected chi connectivity index (χ3v) is 2.80. The summed E-state index contributed by atoms with van der Waals surface area (Å²) in [4.78, 5) is 23.5. The van der Waals surface area contributed by atoms with Gasteiger partial charge < -0.3 is 4.57 Å². The van der Waals surface area contributed by atoms with Gasteiger partial charge in [0.25, 0.3) is 5.56 Å². The Morgan fingerprint density at radius 1 is 1.25 bits per heavy atom. The lowest BCUT2D eigenvalue weighted by Crippen LogP contribution is -2.30. The molecule has 20 heavy (non-hydrogen) atoms. The summed E-state index contributed by atoms with van der Waals surface area (Å²) in [5.74, 6) is -0.551. The Hall–Kier alpha value is -2.31. The molecule has 0 fully saturated rings. The smallest absolute Gasteiger partial charge is 0.357 e. The van der Waals surface area contributed by atoms with E-state index in [9.17, 15) is 22.8 Å². The van der Waals surface area contributed by atoms with Crippen molar-refractivity contribution in [1.82, 2.24) is 9.13 Å². The van der Waals surface area contributed by atoms with Crippen LogP contribution in [0.25, 0.3) is 0 Å². The lowest BCUT2D eigenvalue weighted by molar-refractivity contribution is -0.144. The summed E-state index contributed by atoms with van der Waals surface area (Å²) in [7, 11) is 1.69. The number of carbonyl (C=O) groups excluding carboxylic acids is 1. The Balaban J connectivity index is 2.39. The molecule has 0 aromatic carbocycles. The molecule has 0 bridgehead atoms. The number of aryl methyl sites for hydroxylation is 1. The maximum Gasteiger partial charge on any atom is 0.431 e. The highest BCUT2D eigenvalue weighted by atomic mass is 19.4. The Morgan fingerprint density at radius 3 is 2.50 bits per heavy atom. The molecule has 0 aliphatic rings. The average Bonchev–Trinajstić information content (AvgIpc) is 2.77. The highest BCUT2D eigenvalue weighted by Crippen LogP contribution is 2.28. The second kappa shape index (κ2) is 4.99. The van der Waals surface area contributed by atoms with Crippen molar-refractivity contribution in [2.45, 2.75) is 12.7 Å². The molecule has 2 aromatic heterocycles. The van der Waals surface area contributed by atoms with Crippen LogP contribution in [-0.4, -0.2) is 14.9 Å². The molecule has 2 heterocycles. The zero-order valence-corrected chi connectivity index (χ0v) is 10.5. The van der Waals surface area contributed by atoms with E-state index in [0.29, 0.717) is 4.57 Å². The maximum absolute atomic E-state index is 12.8. The zero-order chi connectivity index (χ0) is 14.9. The fourth-order valence-corrected chi connectivity index (χ4v) is 1.83. The molecular formula is C13H11F3N2O2. The van der Waals surface area contributed by atoms with Crippen LogP contribution in [-0.2, 0) is 19.8 Å². The van der Waals surface area contributed by atoms with Crippen LogP contribution in [0.4, 0.5) is 13.2 Å². The molecule has 0 spiro atoms. The minimum atomic E-state index is -4.68. The van der Waals surface area contributed by atoms with Crippen LogP contribution < -0.4 is 5.56 Å². The first-order chi connectivity index (χ1) is 9.29. The number of alkyl halides is 3. The second-order valence-corrected chi connectivity index (χ2v) is 4.32. The SMILES string of the molecule is Cn1ccc(C(=O)Cn2c(C(F)(F)F)cccc2=O)c1. The van der Waals surface area contributed by atoms with Gasteiger partial charge in [-0.05, 0) is 12.1 Å². The molecule has 0 N–H and O–H groups in total. The minimum Gasteiger partial charge on any atom is -0.357 e. The third-order valence-electron chi connectivity index (χ3n) is 2.80. The highest BCUT2D eigenvalue weighted by molar-refractivity contribution is 5.95. The fraction of sp³-hybridized carbons (Fsp3) is 0.231. The summed E-state index contributed by atoms with van der Waals surface area (Å²) < 4.78 is 40.5. The molecule has 0 saturated heterocycles. The number of rotatable bonds is 3. The molecule has 0 radical (unpaired) electrons. The summed E-state index contributed by atoms with van der Waals surface area (Å²) in [6, 6.07) is 4.28. The van der Waals surface area contributed by atoms with E-state index >= 15 is 0 Å². The molecule has 0 unspecified atom stereocenters. The maximum atomic E-state index is 12.8. The fourth-order valence-electron chi connectivity index (χ4n) is 1.83. The van der Waals surface area contributed by atoms with Crippen LogP contribution in [0.5, 0.6) is 0 Å². The Bertz CT molecular complexity index is 698. The van der Waals surface area contributed by atoms with Gasteiger partial charge >= 0.3 is 6.18 Å². The molecule has 106 valence electrons. The molecule has 0 atom stereocenters. The van der Waals surface area contributed by atoms with Gasteiger partial charge in [-0.25, -0.2) is 0 Å². The third kappa shape index (κ3) is 2.81. The van der Waals surface area contributed by atoms with Crippen molar-refractivity contribution in [1.29, 1.82) is 0 Å². The summed E-state index contributed by atoms with van der Waals surface area (Å²) in [6.45, 7) is -0.640. The predicted molar refractivity (Wildman–Crippen MR) is 65.4 cm³/mol. The minimum absolute atomic E-state index is 0.261. The molecular weight excluding hydrogens is 273 g/mol. The average molecular weight is 284 g/mol. The van der Waals surface area contributed by atoms with Crippen LogP contribution in [0, 0.1) is 0 Å². The van der Waals surface area contributed by atoms with Crippen LogP contribution in [0.2, 0.25) is 0 Å². The summed E-state index contributed by atoms with van der Waals surface area (Å²) >= 11 is 0. The molecule has 0 aliphatic heterocycles. The van der Waals surface area contributed by atoms with E-state index < -0.39 is 29.8 Å². The van der Waals surface area contributed by atoms with Gasteiger partial charge in [0, 0.05) is 31.1 Å². The van der Waals surface area contributed by atoms with Crippen molar-refractivity contribution >= 4 is 5.78 Å². The summed E-state index contributed by atoms with van der Waals surface area (Å²) in [6.07, 6.45) is -1.59. The first-order valence-electron chi connectivity index (χ1n) is 5.71. The van der Waals surface area contributed by atoms with Crippen molar-refractivity contribution in [2.24, 2.45) is 7.05 Å². The number of carbonyl (C=O) groups is 1. The normalized spacial score (nSPS) is 11.6. The Morgan fingerprint density at radius 2 is 1.95 bits per heavy atom. The van der Waals surface area contributed by atoms with E-state index in [2.05, 4.69) is 0 Å². The van der Waals surface area contributed by atoms with Gasteiger partial charge in [-0.15, -0.1) is 0 Å². The number of Topliss-reactive ketones (excluding diaryl/α,β-unsaturated/α-hetero) is 1. The topological polar surface area (TPSA) is 44.0 Å². The van der Waals surface area contributed by atoms with E-state index in [1.165, 1.54) is 12.3 Å². The quantitative estimate of drug-likeness (QED) is 0.810. The summed E-state index contributed by atoms with van der Waals surface area (Å²) in [5, 5.41) is 0. The molecule has 4 nitrogen and oxygen atoms in total. The number of nitrogens with zero attached hydrogens (tertiary/aromatic N) is 2. The van der Waals surface area contributed by atoms with Crippen LogP contribution in [0.3, 0.4) is 0 Å². The first-order valence-corrected chi connectivity index (χ1v) is 5.71. The van der Waals surface area contributed by atoms with Gasteiger partial charge in [0.2, 0.25) is 0 Å². The number of pyridine rings is 1. The number of aromatic nitrogens is 2. The zero-order valence-electron chi connectivity index (χ0n) is 10.5. The van der Waals surface area contributed by atoms with E-state index in [4.69, 9.17) is 0 Å². The van der Waals surface area contributed by atoms with Crippen LogP contribution in [0.1, 0.15) is 16.1 Å².